The Bertz CT molecular complexity index is 1170. The zero-order chi connectivity index (χ0) is 24.9. The van der Waals surface area contributed by atoms with Gasteiger partial charge in [-0.2, -0.15) is 4.31 Å². The van der Waals surface area contributed by atoms with E-state index in [9.17, 15) is 22.8 Å². The molecule has 0 unspecified atom stereocenters. The lowest BCUT2D eigenvalue weighted by Gasteiger charge is -2.31. The number of methoxy groups -OCH3 is 1. The van der Waals surface area contributed by atoms with E-state index in [0.717, 1.165) is 0 Å². The van der Waals surface area contributed by atoms with E-state index in [1.807, 2.05) is 0 Å². The molecule has 1 saturated heterocycles. The Morgan fingerprint density at radius 3 is 2.24 bits per heavy atom. The minimum Gasteiger partial charge on any atom is -0.496 e. The van der Waals surface area contributed by atoms with Gasteiger partial charge in [-0.3, -0.25) is 14.4 Å². The highest BCUT2D eigenvalue weighted by atomic mass is 32.2. The van der Waals surface area contributed by atoms with Crippen LogP contribution in [0.15, 0.2) is 47.4 Å². The number of carbonyl (C=O) groups is 3. The third-order valence-corrected chi connectivity index (χ3v) is 7.58. The molecule has 0 aliphatic carbocycles. The molecule has 0 bridgehead atoms. The maximum Gasteiger partial charge on any atom is 0.243 e. The van der Waals surface area contributed by atoms with Gasteiger partial charge >= 0.3 is 0 Å². The van der Waals surface area contributed by atoms with E-state index < -0.39 is 10.0 Å². The van der Waals surface area contributed by atoms with Crippen molar-refractivity contribution in [2.75, 3.05) is 25.5 Å². The topological polar surface area (TPSA) is 122 Å². The molecule has 0 saturated carbocycles. The van der Waals surface area contributed by atoms with Crippen molar-refractivity contribution in [3.05, 3.63) is 53.6 Å². The maximum atomic E-state index is 13.0. The molecule has 1 heterocycles. The van der Waals surface area contributed by atoms with Crippen LogP contribution in [0.3, 0.4) is 0 Å². The highest BCUT2D eigenvalue weighted by molar-refractivity contribution is 7.89. The summed E-state index contributed by atoms with van der Waals surface area (Å²) in [5.41, 5.74) is 1.65. The minimum atomic E-state index is -3.67. The highest BCUT2D eigenvalue weighted by Crippen LogP contribution is 2.24. The molecular weight excluding hydrogens is 458 g/mol. The first-order valence-electron chi connectivity index (χ1n) is 10.9. The summed E-state index contributed by atoms with van der Waals surface area (Å²) in [6.45, 7) is 3.41. The number of rotatable bonds is 8. The number of benzene rings is 2. The van der Waals surface area contributed by atoms with E-state index in [1.165, 1.54) is 37.4 Å². The van der Waals surface area contributed by atoms with Gasteiger partial charge in [0.05, 0.1) is 18.4 Å². The number of piperidine rings is 1. The minimum absolute atomic E-state index is 0.0590. The van der Waals surface area contributed by atoms with Crippen LogP contribution in [-0.2, 0) is 26.0 Å². The molecule has 182 valence electrons. The quantitative estimate of drug-likeness (QED) is 0.552. The molecule has 0 radical (unpaired) electrons. The summed E-state index contributed by atoms with van der Waals surface area (Å²) in [4.78, 5) is 35.6. The number of hydrogen-bond donors (Lipinski definition) is 2. The van der Waals surface area contributed by atoms with Crippen molar-refractivity contribution in [1.82, 2.24) is 9.62 Å². The van der Waals surface area contributed by atoms with Crippen LogP contribution in [0.1, 0.15) is 42.6 Å². The third kappa shape index (κ3) is 6.21. The number of nitrogens with one attached hydrogen (secondary N) is 2. The fraction of sp³-hybridized carbons (Fsp3) is 0.375. The molecule has 34 heavy (non-hydrogen) atoms. The summed E-state index contributed by atoms with van der Waals surface area (Å²) >= 11 is 0. The monoisotopic (exact) mass is 487 g/mol. The molecule has 1 fully saturated rings. The number of ketones is 1. The predicted molar refractivity (Wildman–Crippen MR) is 127 cm³/mol. The largest absolute Gasteiger partial charge is 0.496 e. The van der Waals surface area contributed by atoms with Crippen LogP contribution in [0.2, 0.25) is 0 Å². The van der Waals surface area contributed by atoms with E-state index in [4.69, 9.17) is 4.74 Å². The average Bonchev–Trinajstić information content (AvgIpc) is 2.79. The lowest BCUT2D eigenvalue weighted by molar-refractivity contribution is -0.121. The van der Waals surface area contributed by atoms with Gasteiger partial charge in [-0.15, -0.1) is 0 Å². The number of ether oxygens (including phenoxy) is 1. The Labute approximate surface area is 199 Å². The van der Waals surface area contributed by atoms with E-state index in [2.05, 4.69) is 10.6 Å². The molecule has 1 aliphatic heterocycles. The van der Waals surface area contributed by atoms with Crippen LogP contribution < -0.4 is 15.4 Å². The summed E-state index contributed by atoms with van der Waals surface area (Å²) in [7, 11) is -2.16. The number of nitrogens with zero attached hydrogens (tertiary/aromatic N) is 1. The van der Waals surface area contributed by atoms with Crippen LogP contribution in [0.5, 0.6) is 5.75 Å². The molecule has 9 nitrogen and oxygen atoms in total. The van der Waals surface area contributed by atoms with Gasteiger partial charge in [0.15, 0.2) is 5.78 Å². The standard InChI is InChI=1S/C24H29N3O6S/c1-16(28)18-4-9-23(33-3)19(14-18)15-24(30)26-21-10-12-27(13-11-21)34(31,32)22-7-5-20(6-8-22)25-17(2)29/h4-9,14,21H,10-13,15H2,1-3H3,(H,25,29)(H,26,30). The van der Waals surface area contributed by atoms with Gasteiger partial charge in [0, 0.05) is 42.9 Å². The van der Waals surface area contributed by atoms with Gasteiger partial charge in [0.25, 0.3) is 0 Å². The molecule has 2 amide bonds. The average molecular weight is 488 g/mol. The molecule has 0 spiro atoms. The lowest BCUT2D eigenvalue weighted by atomic mass is 10.0. The maximum absolute atomic E-state index is 13.0. The summed E-state index contributed by atoms with van der Waals surface area (Å²) in [6.07, 6.45) is 1.03. The van der Waals surface area contributed by atoms with Crippen LogP contribution in [-0.4, -0.2) is 56.6 Å². The van der Waals surface area contributed by atoms with E-state index in [0.29, 0.717) is 35.4 Å². The summed E-state index contributed by atoms with van der Waals surface area (Å²) in [5, 5.41) is 5.57. The molecule has 10 heteroatoms. The second kappa shape index (κ2) is 10.8. The molecule has 0 aromatic heterocycles. The third-order valence-electron chi connectivity index (χ3n) is 5.67. The van der Waals surface area contributed by atoms with Crippen molar-refractivity contribution < 1.29 is 27.5 Å². The first-order chi connectivity index (χ1) is 16.1. The Hall–Kier alpha value is -3.24. The van der Waals surface area contributed by atoms with E-state index >= 15 is 0 Å². The fourth-order valence-corrected chi connectivity index (χ4v) is 5.36. The van der Waals surface area contributed by atoms with Crippen LogP contribution >= 0.6 is 0 Å². The van der Waals surface area contributed by atoms with E-state index in [1.54, 1.807) is 30.3 Å². The highest BCUT2D eigenvalue weighted by Gasteiger charge is 2.30. The molecule has 1 aliphatic rings. The molecule has 0 atom stereocenters. The van der Waals surface area contributed by atoms with Crippen molar-refractivity contribution in [2.24, 2.45) is 0 Å². The number of amides is 2. The Balaban J connectivity index is 1.57. The van der Waals surface area contributed by atoms with Gasteiger partial charge in [-0.25, -0.2) is 8.42 Å². The number of hydrogen-bond acceptors (Lipinski definition) is 6. The number of carbonyl (C=O) groups excluding carboxylic acids is 3. The van der Waals surface area contributed by atoms with Crippen molar-refractivity contribution in [2.45, 2.75) is 44.0 Å². The number of Topliss-reactive ketones (excluding diaryl/α,β-unsaturated/α-hetero) is 1. The molecule has 2 N–H and O–H groups in total. The van der Waals surface area contributed by atoms with Gasteiger partial charge in [-0.05, 0) is 62.2 Å². The summed E-state index contributed by atoms with van der Waals surface area (Å²) in [6, 6.07) is 10.9. The zero-order valence-electron chi connectivity index (χ0n) is 19.5. The van der Waals surface area contributed by atoms with Gasteiger partial charge in [0.1, 0.15) is 5.75 Å². The van der Waals surface area contributed by atoms with Gasteiger partial charge < -0.3 is 15.4 Å². The fourth-order valence-electron chi connectivity index (χ4n) is 3.89. The van der Waals surface area contributed by atoms with E-state index in [-0.39, 0.29) is 48.0 Å². The molecule has 2 aromatic carbocycles. The number of anilines is 1. The number of sulfonamides is 1. The SMILES string of the molecule is COc1ccc(C(C)=O)cc1CC(=O)NC1CCN(S(=O)(=O)c2ccc(NC(C)=O)cc2)CC1. The summed E-state index contributed by atoms with van der Waals surface area (Å²) in [5.74, 6) is -0.00757. The van der Waals surface area contributed by atoms with Crippen molar-refractivity contribution >= 4 is 33.3 Å². The van der Waals surface area contributed by atoms with Crippen molar-refractivity contribution in [3.63, 3.8) is 0 Å². The molecular formula is C24H29N3O6S. The Morgan fingerprint density at radius 1 is 1.03 bits per heavy atom. The van der Waals surface area contributed by atoms with Gasteiger partial charge in [0.2, 0.25) is 21.8 Å². The predicted octanol–water partition coefficient (Wildman–Crippen LogP) is 2.37. The second-order valence-electron chi connectivity index (χ2n) is 8.21. The lowest BCUT2D eigenvalue weighted by Crippen LogP contribution is -2.46. The summed E-state index contributed by atoms with van der Waals surface area (Å²) < 4.78 is 32.6. The van der Waals surface area contributed by atoms with Crippen molar-refractivity contribution in [1.29, 1.82) is 0 Å². The smallest absolute Gasteiger partial charge is 0.243 e. The van der Waals surface area contributed by atoms with Crippen LogP contribution in [0.25, 0.3) is 0 Å². The Morgan fingerprint density at radius 2 is 1.68 bits per heavy atom. The Kier molecular flexibility index (Phi) is 8.06. The van der Waals surface area contributed by atoms with Crippen LogP contribution in [0.4, 0.5) is 5.69 Å². The zero-order valence-corrected chi connectivity index (χ0v) is 20.3. The normalized spacial score (nSPS) is 14.9. The molecule has 2 aromatic rings. The van der Waals surface area contributed by atoms with Crippen molar-refractivity contribution in [3.8, 4) is 5.75 Å². The first kappa shape index (κ1) is 25.4. The second-order valence-corrected chi connectivity index (χ2v) is 10.1. The van der Waals surface area contributed by atoms with Crippen LogP contribution in [0, 0.1) is 0 Å². The molecule has 3 rings (SSSR count). The first-order valence-corrected chi connectivity index (χ1v) is 12.4. The van der Waals surface area contributed by atoms with Gasteiger partial charge in [-0.1, -0.05) is 0 Å².